The van der Waals surface area contributed by atoms with E-state index in [1.807, 2.05) is 23.9 Å². The molecule has 2 aromatic heterocycles. The van der Waals surface area contributed by atoms with Gasteiger partial charge in [0.2, 0.25) is 0 Å². The van der Waals surface area contributed by atoms with E-state index in [-0.39, 0.29) is 5.91 Å². The highest BCUT2D eigenvalue weighted by Gasteiger charge is 2.23. The molecule has 2 aromatic rings. The number of amides is 1. The Bertz CT molecular complexity index is 1060. The smallest absolute Gasteiger partial charge is 0.268 e. The van der Waals surface area contributed by atoms with Crippen LogP contribution in [-0.4, -0.2) is 44.3 Å². The monoisotopic (exact) mass is 439 g/mol. The molecule has 164 valence electrons. The molecular formula is C23H29N5O2S. The SMILES string of the molecule is Cc1c(SN2CCn3nccc3C2)cc(C(=O)NCC2=CCCC3=C2CCCO3)n1C. The largest absolute Gasteiger partial charge is 0.498 e. The molecule has 5 rings (SSSR count). The maximum atomic E-state index is 13.0. The van der Waals surface area contributed by atoms with Crippen LogP contribution in [0.15, 0.2) is 46.2 Å². The summed E-state index contributed by atoms with van der Waals surface area (Å²) < 4.78 is 12.2. The Hall–Kier alpha value is -2.45. The number of carbonyl (C=O) groups excluding carboxylic acids is 1. The van der Waals surface area contributed by atoms with E-state index in [1.54, 1.807) is 11.9 Å². The molecule has 0 aromatic carbocycles. The lowest BCUT2D eigenvalue weighted by atomic mass is 9.91. The highest BCUT2D eigenvalue weighted by molar-refractivity contribution is 7.97. The lowest BCUT2D eigenvalue weighted by molar-refractivity contribution is 0.0948. The zero-order valence-electron chi connectivity index (χ0n) is 18.2. The number of hydrogen-bond acceptors (Lipinski definition) is 5. The van der Waals surface area contributed by atoms with Gasteiger partial charge in [-0.3, -0.25) is 9.48 Å². The summed E-state index contributed by atoms with van der Waals surface area (Å²) in [7, 11) is 1.97. The van der Waals surface area contributed by atoms with Gasteiger partial charge < -0.3 is 14.6 Å². The van der Waals surface area contributed by atoms with Gasteiger partial charge in [-0.1, -0.05) is 6.08 Å². The molecule has 31 heavy (non-hydrogen) atoms. The van der Waals surface area contributed by atoms with Crippen molar-refractivity contribution in [2.75, 3.05) is 19.7 Å². The number of nitrogens with one attached hydrogen (secondary N) is 1. The van der Waals surface area contributed by atoms with Crippen molar-refractivity contribution in [3.63, 3.8) is 0 Å². The molecule has 0 saturated heterocycles. The van der Waals surface area contributed by atoms with E-state index in [9.17, 15) is 4.79 Å². The van der Waals surface area contributed by atoms with E-state index >= 15 is 0 Å². The lowest BCUT2D eigenvalue weighted by Gasteiger charge is -2.26. The van der Waals surface area contributed by atoms with Crippen molar-refractivity contribution in [2.24, 2.45) is 7.05 Å². The molecule has 2 aliphatic heterocycles. The molecule has 0 saturated carbocycles. The normalized spacial score (nSPS) is 18.8. The minimum Gasteiger partial charge on any atom is -0.498 e. The molecule has 1 aliphatic carbocycles. The second-order valence-electron chi connectivity index (χ2n) is 8.34. The average Bonchev–Trinajstić information content (AvgIpc) is 3.37. The number of allylic oxidation sites excluding steroid dienone is 2. The zero-order chi connectivity index (χ0) is 21.4. The Kier molecular flexibility index (Phi) is 5.67. The first kappa shape index (κ1) is 20.5. The molecule has 0 atom stereocenters. The van der Waals surface area contributed by atoms with E-state index in [1.165, 1.54) is 16.8 Å². The molecule has 0 radical (unpaired) electrons. The summed E-state index contributed by atoms with van der Waals surface area (Å²) in [6.45, 7) is 6.14. The highest BCUT2D eigenvalue weighted by atomic mass is 32.2. The molecule has 7 nitrogen and oxygen atoms in total. The molecule has 0 fully saturated rings. The molecule has 4 heterocycles. The van der Waals surface area contributed by atoms with E-state index < -0.39 is 0 Å². The van der Waals surface area contributed by atoms with Gasteiger partial charge in [-0.25, -0.2) is 4.31 Å². The average molecular weight is 440 g/mol. The Morgan fingerprint density at radius 3 is 3.13 bits per heavy atom. The van der Waals surface area contributed by atoms with Gasteiger partial charge in [0, 0.05) is 43.3 Å². The van der Waals surface area contributed by atoms with Gasteiger partial charge in [-0.2, -0.15) is 5.10 Å². The lowest BCUT2D eigenvalue weighted by Crippen LogP contribution is -2.29. The van der Waals surface area contributed by atoms with E-state index in [0.29, 0.717) is 12.2 Å². The van der Waals surface area contributed by atoms with Crippen LogP contribution >= 0.6 is 11.9 Å². The van der Waals surface area contributed by atoms with Gasteiger partial charge in [0.15, 0.2) is 0 Å². The fraction of sp³-hybridized carbons (Fsp3) is 0.478. The summed E-state index contributed by atoms with van der Waals surface area (Å²) in [6, 6.07) is 4.09. The van der Waals surface area contributed by atoms with E-state index in [0.717, 1.165) is 68.3 Å². The summed E-state index contributed by atoms with van der Waals surface area (Å²) in [6.07, 6.45) is 8.20. The number of nitrogens with zero attached hydrogens (tertiary/aromatic N) is 4. The molecule has 8 heteroatoms. The Morgan fingerprint density at radius 2 is 2.23 bits per heavy atom. The number of fused-ring (bicyclic) bond motifs is 1. The van der Waals surface area contributed by atoms with E-state index in [4.69, 9.17) is 4.74 Å². The van der Waals surface area contributed by atoms with Crippen molar-refractivity contribution in [2.45, 2.75) is 50.6 Å². The maximum Gasteiger partial charge on any atom is 0.268 e. The van der Waals surface area contributed by atoms with Crippen molar-refractivity contribution in [3.05, 3.63) is 58.4 Å². The minimum absolute atomic E-state index is 0.0282. The van der Waals surface area contributed by atoms with Crippen LogP contribution in [0.5, 0.6) is 0 Å². The first-order chi connectivity index (χ1) is 15.1. The van der Waals surface area contributed by atoms with Crippen molar-refractivity contribution < 1.29 is 9.53 Å². The number of carbonyl (C=O) groups is 1. The van der Waals surface area contributed by atoms with Crippen LogP contribution in [0.4, 0.5) is 0 Å². The van der Waals surface area contributed by atoms with Crippen LogP contribution in [0.2, 0.25) is 0 Å². The topological polar surface area (TPSA) is 64.3 Å². The second kappa shape index (κ2) is 8.59. The molecule has 1 amide bonds. The van der Waals surface area contributed by atoms with Crippen molar-refractivity contribution in [1.82, 2.24) is 24.0 Å². The second-order valence-corrected chi connectivity index (χ2v) is 9.48. The van der Waals surface area contributed by atoms with Crippen LogP contribution < -0.4 is 5.32 Å². The zero-order valence-corrected chi connectivity index (χ0v) is 19.0. The molecular weight excluding hydrogens is 410 g/mol. The van der Waals surface area contributed by atoms with Crippen LogP contribution in [0, 0.1) is 6.92 Å². The van der Waals surface area contributed by atoms with Gasteiger partial charge in [-0.05, 0) is 61.4 Å². The summed E-state index contributed by atoms with van der Waals surface area (Å²) in [5, 5.41) is 7.49. The van der Waals surface area contributed by atoms with Crippen molar-refractivity contribution >= 4 is 17.9 Å². The van der Waals surface area contributed by atoms with Crippen LogP contribution in [-0.2, 0) is 24.9 Å². The third-order valence-corrected chi connectivity index (χ3v) is 7.61. The summed E-state index contributed by atoms with van der Waals surface area (Å²) in [5.41, 5.74) is 5.57. The third kappa shape index (κ3) is 4.06. The van der Waals surface area contributed by atoms with Crippen molar-refractivity contribution in [3.8, 4) is 0 Å². The quantitative estimate of drug-likeness (QED) is 0.722. The Morgan fingerprint density at radius 1 is 1.32 bits per heavy atom. The standard InChI is InChI=1S/C23H29N5O2S/c1-16-22(31-27-10-11-28-18(15-27)8-9-25-28)13-20(26(16)2)23(29)24-14-17-5-3-7-21-19(17)6-4-12-30-21/h5,8-9,13H,3-4,6-7,10-12,14-15H2,1-2H3,(H,24,29). The number of hydrogen-bond donors (Lipinski definition) is 1. The Balaban J connectivity index is 1.25. The molecule has 0 bridgehead atoms. The van der Waals surface area contributed by atoms with Gasteiger partial charge in [0.1, 0.15) is 5.69 Å². The van der Waals surface area contributed by atoms with Gasteiger partial charge in [0.25, 0.3) is 5.91 Å². The summed E-state index contributed by atoms with van der Waals surface area (Å²) in [5.74, 6) is 1.11. The fourth-order valence-electron chi connectivity index (χ4n) is 4.54. The van der Waals surface area contributed by atoms with E-state index in [2.05, 4.69) is 38.5 Å². The molecule has 0 spiro atoms. The maximum absolute atomic E-state index is 13.0. The summed E-state index contributed by atoms with van der Waals surface area (Å²) >= 11 is 1.73. The predicted octanol–water partition coefficient (Wildman–Crippen LogP) is 3.57. The Labute approximate surface area is 187 Å². The molecule has 1 N–H and O–H groups in total. The number of aromatic nitrogens is 3. The first-order valence-electron chi connectivity index (χ1n) is 11.0. The van der Waals surface area contributed by atoms with Gasteiger partial charge in [0.05, 0.1) is 31.1 Å². The van der Waals surface area contributed by atoms with Gasteiger partial charge in [-0.15, -0.1) is 0 Å². The van der Waals surface area contributed by atoms with Crippen LogP contribution in [0.1, 0.15) is 47.6 Å². The summed E-state index contributed by atoms with van der Waals surface area (Å²) in [4.78, 5) is 14.1. The fourth-order valence-corrected chi connectivity index (χ4v) is 5.62. The van der Waals surface area contributed by atoms with Crippen LogP contribution in [0.25, 0.3) is 0 Å². The number of rotatable bonds is 5. The predicted molar refractivity (Wildman–Crippen MR) is 121 cm³/mol. The number of ether oxygens (including phenoxy) is 1. The minimum atomic E-state index is -0.0282. The first-order valence-corrected chi connectivity index (χ1v) is 11.8. The molecule has 0 unspecified atom stereocenters. The molecule has 3 aliphatic rings. The van der Waals surface area contributed by atoms with Crippen LogP contribution in [0.3, 0.4) is 0 Å². The van der Waals surface area contributed by atoms with Crippen molar-refractivity contribution in [1.29, 1.82) is 0 Å². The highest BCUT2D eigenvalue weighted by Crippen LogP contribution is 2.33. The van der Waals surface area contributed by atoms with Gasteiger partial charge >= 0.3 is 0 Å². The third-order valence-electron chi connectivity index (χ3n) is 6.43.